The molecule has 0 bridgehead atoms. The number of anilines is 1. The van der Waals surface area contributed by atoms with E-state index in [1.54, 1.807) is 16.8 Å². The highest BCUT2D eigenvalue weighted by atomic mass is 16.5. The Kier molecular flexibility index (Phi) is 4.78. The van der Waals surface area contributed by atoms with Gasteiger partial charge >= 0.3 is 0 Å². The summed E-state index contributed by atoms with van der Waals surface area (Å²) in [5, 5.41) is 0. The van der Waals surface area contributed by atoms with Gasteiger partial charge in [0.15, 0.2) is 0 Å². The van der Waals surface area contributed by atoms with Crippen molar-refractivity contribution in [2.75, 3.05) is 25.6 Å². The van der Waals surface area contributed by atoms with Crippen molar-refractivity contribution in [2.45, 2.75) is 31.9 Å². The highest BCUT2D eigenvalue weighted by Crippen LogP contribution is 2.12. The summed E-state index contributed by atoms with van der Waals surface area (Å²) in [6, 6.07) is 3.08. The average molecular weight is 252 g/mol. The number of rotatable bonds is 5. The fraction of sp³-hybridized carbons (Fsp3) is 0.615. The van der Waals surface area contributed by atoms with Gasteiger partial charge < -0.3 is 19.8 Å². The van der Waals surface area contributed by atoms with Crippen molar-refractivity contribution in [2.24, 2.45) is 0 Å². The predicted molar refractivity (Wildman–Crippen MR) is 69.5 cm³/mol. The van der Waals surface area contributed by atoms with Crippen molar-refractivity contribution < 1.29 is 9.47 Å². The fourth-order valence-electron chi connectivity index (χ4n) is 2.04. The molecule has 5 heteroatoms. The van der Waals surface area contributed by atoms with Crippen molar-refractivity contribution in [3.05, 3.63) is 28.7 Å². The van der Waals surface area contributed by atoms with Gasteiger partial charge in [-0.2, -0.15) is 0 Å². The van der Waals surface area contributed by atoms with Crippen molar-refractivity contribution in [3.63, 3.8) is 0 Å². The van der Waals surface area contributed by atoms with Crippen LogP contribution >= 0.6 is 0 Å². The number of nitrogens with two attached hydrogens (primary N) is 1. The van der Waals surface area contributed by atoms with E-state index < -0.39 is 0 Å². The van der Waals surface area contributed by atoms with E-state index in [0.717, 1.165) is 19.4 Å². The highest BCUT2D eigenvalue weighted by molar-refractivity contribution is 5.33. The van der Waals surface area contributed by atoms with Crippen molar-refractivity contribution in [3.8, 4) is 0 Å². The predicted octanol–water partition coefficient (Wildman–Crippen LogP) is 1.02. The van der Waals surface area contributed by atoms with Crippen LogP contribution < -0.4 is 11.3 Å². The third kappa shape index (κ3) is 3.85. The molecule has 2 rings (SSSR count). The maximum atomic E-state index is 11.5. The molecule has 1 unspecified atom stereocenters. The Balaban J connectivity index is 1.71. The largest absolute Gasteiger partial charge is 0.398 e. The van der Waals surface area contributed by atoms with E-state index in [9.17, 15) is 4.79 Å². The monoisotopic (exact) mass is 252 g/mol. The molecule has 0 spiro atoms. The Labute approximate surface area is 107 Å². The molecule has 1 saturated heterocycles. The minimum Gasteiger partial charge on any atom is -0.398 e. The van der Waals surface area contributed by atoms with E-state index in [2.05, 4.69) is 0 Å². The molecule has 5 nitrogen and oxygen atoms in total. The molecule has 0 amide bonds. The lowest BCUT2D eigenvalue weighted by Gasteiger charge is -2.22. The molecule has 2 N–H and O–H groups in total. The maximum Gasteiger partial charge on any atom is 0.250 e. The van der Waals surface area contributed by atoms with E-state index in [4.69, 9.17) is 15.2 Å². The van der Waals surface area contributed by atoms with Crippen molar-refractivity contribution in [1.82, 2.24) is 4.57 Å². The normalized spacial score (nSPS) is 19.9. The third-order valence-corrected chi connectivity index (χ3v) is 3.06. The smallest absolute Gasteiger partial charge is 0.250 e. The summed E-state index contributed by atoms with van der Waals surface area (Å²) in [4.78, 5) is 11.5. The first-order valence-corrected chi connectivity index (χ1v) is 6.41. The number of nitrogen functional groups attached to an aromatic ring is 1. The molecule has 1 aliphatic heterocycles. The Morgan fingerprint density at radius 2 is 2.33 bits per heavy atom. The molecular formula is C13H20N2O3. The van der Waals surface area contributed by atoms with E-state index >= 15 is 0 Å². The Hall–Kier alpha value is -1.33. The van der Waals surface area contributed by atoms with Gasteiger partial charge in [-0.25, -0.2) is 0 Å². The topological polar surface area (TPSA) is 66.5 Å². The van der Waals surface area contributed by atoms with Gasteiger partial charge in [0.25, 0.3) is 5.56 Å². The summed E-state index contributed by atoms with van der Waals surface area (Å²) in [5.41, 5.74) is 6.16. The molecule has 18 heavy (non-hydrogen) atoms. The molecular weight excluding hydrogens is 232 g/mol. The molecule has 1 aromatic rings. The second-order valence-corrected chi connectivity index (χ2v) is 4.56. The van der Waals surface area contributed by atoms with Crippen LogP contribution in [0.2, 0.25) is 0 Å². The van der Waals surface area contributed by atoms with Crippen molar-refractivity contribution >= 4 is 5.69 Å². The van der Waals surface area contributed by atoms with Gasteiger partial charge in [-0.3, -0.25) is 4.79 Å². The Morgan fingerprint density at radius 1 is 1.44 bits per heavy atom. The number of ether oxygens (including phenoxy) is 2. The minimum absolute atomic E-state index is 0.0540. The summed E-state index contributed by atoms with van der Waals surface area (Å²) in [6.45, 7) is 2.47. The number of aromatic nitrogens is 1. The third-order valence-electron chi connectivity index (χ3n) is 3.06. The van der Waals surface area contributed by atoms with Crippen LogP contribution in [-0.2, 0) is 16.0 Å². The standard InChI is InChI=1S/C13H20N2O3/c14-11-4-5-13(16)15(9-11)6-8-17-10-12-3-1-2-7-18-12/h4-5,9,12H,1-3,6-8,10,14H2. The summed E-state index contributed by atoms with van der Waals surface area (Å²) in [6.07, 6.45) is 5.29. The SMILES string of the molecule is Nc1ccc(=O)n(CCOCC2CCCCO2)c1. The van der Waals surface area contributed by atoms with Crippen LogP contribution in [-0.4, -0.2) is 30.5 Å². The van der Waals surface area contributed by atoms with Crippen LogP contribution in [0.3, 0.4) is 0 Å². The average Bonchev–Trinajstić information content (AvgIpc) is 2.40. The summed E-state index contributed by atoms with van der Waals surface area (Å²) in [7, 11) is 0. The van der Waals surface area contributed by atoms with Gasteiger partial charge in [-0.15, -0.1) is 0 Å². The molecule has 0 radical (unpaired) electrons. The molecule has 0 aromatic carbocycles. The van der Waals surface area contributed by atoms with Crippen LogP contribution in [0.25, 0.3) is 0 Å². The van der Waals surface area contributed by atoms with Gasteiger partial charge in [0.05, 0.1) is 19.3 Å². The molecule has 1 aromatic heterocycles. The van der Waals surface area contributed by atoms with E-state index in [0.29, 0.717) is 25.4 Å². The maximum absolute atomic E-state index is 11.5. The minimum atomic E-state index is -0.0540. The van der Waals surface area contributed by atoms with Crippen LogP contribution in [0, 0.1) is 0 Å². The molecule has 1 aliphatic rings. The second-order valence-electron chi connectivity index (χ2n) is 4.56. The van der Waals surface area contributed by atoms with Gasteiger partial charge in [-0.05, 0) is 25.3 Å². The first-order chi connectivity index (χ1) is 8.75. The quantitative estimate of drug-likeness (QED) is 0.794. The van der Waals surface area contributed by atoms with E-state index in [1.165, 1.54) is 12.5 Å². The number of nitrogens with zero attached hydrogens (tertiary/aromatic N) is 1. The zero-order chi connectivity index (χ0) is 12.8. The van der Waals surface area contributed by atoms with Crippen LogP contribution in [0.5, 0.6) is 0 Å². The van der Waals surface area contributed by atoms with Gasteiger partial charge in [-0.1, -0.05) is 0 Å². The summed E-state index contributed by atoms with van der Waals surface area (Å²) in [5.74, 6) is 0. The lowest BCUT2D eigenvalue weighted by atomic mass is 10.1. The second kappa shape index (κ2) is 6.56. The number of hydrogen-bond donors (Lipinski definition) is 1. The molecule has 0 aliphatic carbocycles. The molecule has 0 saturated carbocycles. The van der Waals surface area contributed by atoms with E-state index in [-0.39, 0.29) is 11.7 Å². The highest BCUT2D eigenvalue weighted by Gasteiger charge is 2.13. The first kappa shape index (κ1) is 13.1. The number of hydrogen-bond acceptors (Lipinski definition) is 4. The molecule has 100 valence electrons. The van der Waals surface area contributed by atoms with Gasteiger partial charge in [0.2, 0.25) is 0 Å². The number of pyridine rings is 1. The zero-order valence-electron chi connectivity index (χ0n) is 10.5. The molecule has 1 fully saturated rings. The molecule has 2 heterocycles. The van der Waals surface area contributed by atoms with Gasteiger partial charge in [0.1, 0.15) is 0 Å². The summed E-state index contributed by atoms with van der Waals surface area (Å²) < 4.78 is 12.7. The van der Waals surface area contributed by atoms with Crippen LogP contribution in [0.4, 0.5) is 5.69 Å². The van der Waals surface area contributed by atoms with Crippen LogP contribution in [0.15, 0.2) is 23.1 Å². The summed E-state index contributed by atoms with van der Waals surface area (Å²) >= 11 is 0. The van der Waals surface area contributed by atoms with E-state index in [1.807, 2.05) is 0 Å². The zero-order valence-corrected chi connectivity index (χ0v) is 10.5. The Morgan fingerprint density at radius 3 is 3.11 bits per heavy atom. The fourth-order valence-corrected chi connectivity index (χ4v) is 2.04. The first-order valence-electron chi connectivity index (χ1n) is 6.41. The van der Waals surface area contributed by atoms with Crippen molar-refractivity contribution in [1.29, 1.82) is 0 Å². The van der Waals surface area contributed by atoms with Gasteiger partial charge in [0, 0.05) is 31.1 Å². The molecule has 1 atom stereocenters. The van der Waals surface area contributed by atoms with Crippen LogP contribution in [0.1, 0.15) is 19.3 Å². The Bertz CT molecular complexity index is 424. The lowest BCUT2D eigenvalue weighted by Crippen LogP contribution is -2.26. The lowest BCUT2D eigenvalue weighted by molar-refractivity contribution is -0.0418.